The van der Waals surface area contributed by atoms with E-state index in [1.165, 1.54) is 0 Å². The van der Waals surface area contributed by atoms with Gasteiger partial charge in [0.15, 0.2) is 5.76 Å². The van der Waals surface area contributed by atoms with Gasteiger partial charge in [0.1, 0.15) is 5.69 Å². The standard InChI is InChI=1S/C10H9N3O3/c14-10(15)12-6-8-4-9(13-16-8)7-2-1-3-11-5-7/h1-5,12H,6H2,(H,14,15). The molecule has 0 unspecified atom stereocenters. The summed E-state index contributed by atoms with van der Waals surface area (Å²) in [4.78, 5) is 14.2. The van der Waals surface area contributed by atoms with Crippen molar-refractivity contribution in [2.75, 3.05) is 0 Å². The fourth-order valence-corrected chi connectivity index (χ4v) is 1.21. The zero-order valence-electron chi connectivity index (χ0n) is 8.25. The highest BCUT2D eigenvalue weighted by molar-refractivity contribution is 5.64. The molecule has 2 N–H and O–H groups in total. The number of aromatic nitrogens is 2. The summed E-state index contributed by atoms with van der Waals surface area (Å²) in [6.45, 7) is 0.0998. The molecule has 0 aliphatic carbocycles. The Morgan fingerprint density at radius 1 is 1.56 bits per heavy atom. The quantitative estimate of drug-likeness (QED) is 0.816. The molecule has 0 aliphatic heterocycles. The van der Waals surface area contributed by atoms with E-state index in [4.69, 9.17) is 9.63 Å². The molecule has 2 heterocycles. The summed E-state index contributed by atoms with van der Waals surface area (Å²) in [7, 11) is 0. The van der Waals surface area contributed by atoms with Crippen molar-refractivity contribution < 1.29 is 14.4 Å². The van der Waals surface area contributed by atoms with Gasteiger partial charge < -0.3 is 14.9 Å². The Balaban J connectivity index is 2.11. The highest BCUT2D eigenvalue weighted by Gasteiger charge is 2.06. The number of rotatable bonds is 3. The highest BCUT2D eigenvalue weighted by atomic mass is 16.5. The normalized spacial score (nSPS) is 10.0. The van der Waals surface area contributed by atoms with Crippen molar-refractivity contribution in [3.8, 4) is 11.3 Å². The number of carbonyl (C=O) groups is 1. The molecule has 6 nitrogen and oxygen atoms in total. The summed E-state index contributed by atoms with van der Waals surface area (Å²) in [5.41, 5.74) is 1.46. The Morgan fingerprint density at radius 3 is 3.12 bits per heavy atom. The Morgan fingerprint density at radius 2 is 2.44 bits per heavy atom. The summed E-state index contributed by atoms with van der Waals surface area (Å²) >= 11 is 0. The summed E-state index contributed by atoms with van der Waals surface area (Å²) < 4.78 is 4.97. The molecule has 82 valence electrons. The Kier molecular flexibility index (Phi) is 2.81. The van der Waals surface area contributed by atoms with Crippen LogP contribution in [0.4, 0.5) is 4.79 Å². The summed E-state index contributed by atoms with van der Waals surface area (Å²) in [6, 6.07) is 5.31. The molecule has 0 saturated carbocycles. The van der Waals surface area contributed by atoms with Crippen LogP contribution in [-0.4, -0.2) is 21.3 Å². The third kappa shape index (κ3) is 2.35. The van der Waals surface area contributed by atoms with Crippen LogP contribution < -0.4 is 5.32 Å². The van der Waals surface area contributed by atoms with Crippen molar-refractivity contribution in [1.29, 1.82) is 0 Å². The number of nitrogens with zero attached hydrogens (tertiary/aromatic N) is 2. The lowest BCUT2D eigenvalue weighted by molar-refractivity contribution is 0.192. The van der Waals surface area contributed by atoms with Gasteiger partial charge in [-0.3, -0.25) is 4.98 Å². The van der Waals surface area contributed by atoms with Crippen LogP contribution in [0.15, 0.2) is 35.1 Å². The number of amides is 1. The van der Waals surface area contributed by atoms with E-state index >= 15 is 0 Å². The Labute approximate surface area is 90.9 Å². The van der Waals surface area contributed by atoms with Crippen LogP contribution in [0.3, 0.4) is 0 Å². The molecule has 0 spiro atoms. The van der Waals surface area contributed by atoms with Gasteiger partial charge in [-0.2, -0.15) is 0 Å². The van der Waals surface area contributed by atoms with Gasteiger partial charge >= 0.3 is 6.09 Å². The monoisotopic (exact) mass is 219 g/mol. The minimum absolute atomic E-state index is 0.0998. The van der Waals surface area contributed by atoms with E-state index < -0.39 is 6.09 Å². The van der Waals surface area contributed by atoms with Gasteiger partial charge in [0.05, 0.1) is 6.54 Å². The van der Waals surface area contributed by atoms with E-state index in [0.717, 1.165) is 5.56 Å². The predicted molar refractivity (Wildman–Crippen MR) is 54.6 cm³/mol. The van der Waals surface area contributed by atoms with Crippen LogP contribution >= 0.6 is 0 Å². The Hall–Kier alpha value is -2.37. The first-order chi connectivity index (χ1) is 7.75. The molecule has 2 rings (SSSR count). The molecular formula is C10H9N3O3. The van der Waals surface area contributed by atoms with E-state index in [1.54, 1.807) is 24.5 Å². The molecule has 16 heavy (non-hydrogen) atoms. The van der Waals surface area contributed by atoms with Gasteiger partial charge in [0.2, 0.25) is 0 Å². The smallest absolute Gasteiger partial charge is 0.405 e. The molecule has 0 fully saturated rings. The van der Waals surface area contributed by atoms with E-state index in [9.17, 15) is 4.79 Å². The van der Waals surface area contributed by atoms with Crippen LogP contribution in [0.5, 0.6) is 0 Å². The minimum atomic E-state index is -1.10. The molecule has 0 aliphatic rings. The van der Waals surface area contributed by atoms with Crippen LogP contribution in [0, 0.1) is 0 Å². The topological polar surface area (TPSA) is 88.2 Å². The van der Waals surface area contributed by atoms with E-state index in [1.807, 2.05) is 6.07 Å². The molecule has 0 radical (unpaired) electrons. The molecule has 0 aromatic carbocycles. The highest BCUT2D eigenvalue weighted by Crippen LogP contribution is 2.17. The van der Waals surface area contributed by atoms with Gasteiger partial charge in [-0.25, -0.2) is 4.79 Å². The van der Waals surface area contributed by atoms with Gasteiger partial charge in [0, 0.05) is 24.0 Å². The number of pyridine rings is 1. The van der Waals surface area contributed by atoms with Gasteiger partial charge in [-0.05, 0) is 12.1 Å². The van der Waals surface area contributed by atoms with Gasteiger partial charge in [-0.15, -0.1) is 0 Å². The van der Waals surface area contributed by atoms with Crippen molar-refractivity contribution in [2.45, 2.75) is 6.54 Å². The summed E-state index contributed by atoms with van der Waals surface area (Å²) in [5, 5.41) is 14.4. The second kappa shape index (κ2) is 4.43. The molecule has 2 aromatic heterocycles. The van der Waals surface area contributed by atoms with Gasteiger partial charge in [0.25, 0.3) is 0 Å². The first-order valence-electron chi connectivity index (χ1n) is 4.58. The van der Waals surface area contributed by atoms with Crippen molar-refractivity contribution in [3.63, 3.8) is 0 Å². The average molecular weight is 219 g/mol. The number of carboxylic acid groups (broad SMARTS) is 1. The lowest BCUT2D eigenvalue weighted by Crippen LogP contribution is -2.19. The maximum Gasteiger partial charge on any atom is 0.405 e. The zero-order chi connectivity index (χ0) is 11.4. The maximum absolute atomic E-state index is 10.3. The zero-order valence-corrected chi connectivity index (χ0v) is 8.25. The van der Waals surface area contributed by atoms with Crippen molar-refractivity contribution >= 4 is 6.09 Å². The lowest BCUT2D eigenvalue weighted by Gasteiger charge is -1.93. The van der Waals surface area contributed by atoms with Crippen molar-refractivity contribution in [3.05, 3.63) is 36.4 Å². The molecule has 1 amide bonds. The fraction of sp³-hybridized carbons (Fsp3) is 0.100. The largest absolute Gasteiger partial charge is 0.465 e. The second-order valence-corrected chi connectivity index (χ2v) is 3.08. The van der Waals surface area contributed by atoms with E-state index in [2.05, 4.69) is 15.5 Å². The molecular weight excluding hydrogens is 210 g/mol. The molecule has 6 heteroatoms. The second-order valence-electron chi connectivity index (χ2n) is 3.08. The third-order valence-corrected chi connectivity index (χ3v) is 1.93. The fourth-order valence-electron chi connectivity index (χ4n) is 1.21. The van der Waals surface area contributed by atoms with Crippen LogP contribution in [-0.2, 0) is 6.54 Å². The maximum atomic E-state index is 10.3. The van der Waals surface area contributed by atoms with Crippen LogP contribution in [0.25, 0.3) is 11.3 Å². The van der Waals surface area contributed by atoms with Gasteiger partial charge in [-0.1, -0.05) is 5.16 Å². The third-order valence-electron chi connectivity index (χ3n) is 1.93. The Bertz CT molecular complexity index is 481. The molecule has 0 bridgehead atoms. The van der Waals surface area contributed by atoms with E-state index in [-0.39, 0.29) is 6.54 Å². The summed E-state index contributed by atoms with van der Waals surface area (Å²) in [6.07, 6.45) is 2.22. The predicted octanol–water partition coefficient (Wildman–Crippen LogP) is 1.50. The van der Waals surface area contributed by atoms with Crippen LogP contribution in [0.1, 0.15) is 5.76 Å². The average Bonchev–Trinajstić information content (AvgIpc) is 2.76. The molecule has 0 atom stereocenters. The summed E-state index contributed by atoms with van der Waals surface area (Å²) in [5.74, 6) is 0.459. The lowest BCUT2D eigenvalue weighted by atomic mass is 10.2. The first-order valence-corrected chi connectivity index (χ1v) is 4.58. The molecule has 0 saturated heterocycles. The van der Waals surface area contributed by atoms with Crippen LogP contribution in [0.2, 0.25) is 0 Å². The van der Waals surface area contributed by atoms with E-state index in [0.29, 0.717) is 11.5 Å². The molecule has 2 aromatic rings. The minimum Gasteiger partial charge on any atom is -0.465 e. The SMILES string of the molecule is O=C(O)NCc1cc(-c2cccnc2)no1. The first kappa shape index (κ1) is 10.2. The van der Waals surface area contributed by atoms with Crippen molar-refractivity contribution in [2.24, 2.45) is 0 Å². The number of hydrogen-bond acceptors (Lipinski definition) is 4. The number of nitrogens with one attached hydrogen (secondary N) is 1. The van der Waals surface area contributed by atoms with Crippen molar-refractivity contribution in [1.82, 2.24) is 15.5 Å². The number of hydrogen-bond donors (Lipinski definition) is 2.